The van der Waals surface area contributed by atoms with Crippen LogP contribution in [0, 0.1) is 6.92 Å². The number of thioether (sulfide) groups is 1. The molecule has 3 aromatic carbocycles. The molecule has 0 aliphatic carbocycles. The molecule has 0 heterocycles. The van der Waals surface area contributed by atoms with Crippen LogP contribution in [0.2, 0.25) is 5.02 Å². The van der Waals surface area contributed by atoms with Crippen LogP contribution >= 0.6 is 23.4 Å². The molecule has 28 heavy (non-hydrogen) atoms. The first-order valence-electron chi connectivity index (χ1n) is 8.90. The smallest absolute Gasteiger partial charge is 0.199 e. The number of hydrogen-bond acceptors (Lipinski definition) is 3. The predicted octanol–water partition coefficient (Wildman–Crippen LogP) is 6.81. The van der Waals surface area contributed by atoms with Crippen molar-refractivity contribution in [3.05, 3.63) is 105 Å². The molecule has 0 fully saturated rings. The number of ketones is 1. The van der Waals surface area contributed by atoms with Crippen LogP contribution < -0.4 is 4.74 Å². The highest BCUT2D eigenvalue weighted by Gasteiger charge is 2.15. The fraction of sp³-hybridized carbons (Fsp3) is 0.125. The fourth-order valence-electron chi connectivity index (χ4n) is 2.69. The summed E-state index contributed by atoms with van der Waals surface area (Å²) in [6, 6.07) is 23.0. The molecule has 0 atom stereocenters. The molecular weight excluding hydrogens is 388 g/mol. The van der Waals surface area contributed by atoms with Gasteiger partial charge in [0.1, 0.15) is 5.75 Å². The van der Waals surface area contributed by atoms with Crippen molar-refractivity contribution in [2.45, 2.75) is 12.7 Å². The van der Waals surface area contributed by atoms with Crippen molar-refractivity contribution in [1.29, 1.82) is 0 Å². The monoisotopic (exact) mass is 408 g/mol. The Morgan fingerprint density at radius 2 is 1.68 bits per heavy atom. The second kappa shape index (κ2) is 9.63. The number of carbonyl (C=O) groups is 1. The molecule has 0 N–H and O–H groups in total. The van der Waals surface area contributed by atoms with Crippen LogP contribution in [-0.2, 0) is 5.75 Å². The van der Waals surface area contributed by atoms with E-state index >= 15 is 0 Å². The number of Topliss-reactive ketones (excluding diaryl/α,β-unsaturated/α-hetero) is 1. The minimum atomic E-state index is -0.0281. The lowest BCUT2D eigenvalue weighted by atomic mass is 10.1. The summed E-state index contributed by atoms with van der Waals surface area (Å²) in [6.07, 6.45) is 1.90. The van der Waals surface area contributed by atoms with Gasteiger partial charge in [-0.25, -0.2) is 0 Å². The molecule has 142 valence electrons. The Bertz CT molecular complexity index is 976. The molecule has 0 amide bonds. The zero-order chi connectivity index (χ0) is 19.9. The second-order valence-electron chi connectivity index (χ2n) is 6.36. The molecule has 0 unspecified atom stereocenters. The molecule has 0 aliphatic heterocycles. The number of ether oxygens (including phenoxy) is 1. The van der Waals surface area contributed by atoms with Gasteiger partial charge in [0.25, 0.3) is 0 Å². The van der Waals surface area contributed by atoms with E-state index in [-0.39, 0.29) is 5.78 Å². The molecule has 0 radical (unpaired) electrons. The Morgan fingerprint density at radius 3 is 2.36 bits per heavy atom. The number of carbonyl (C=O) groups excluding carboxylic acids is 1. The minimum Gasteiger partial charge on any atom is -0.496 e. The van der Waals surface area contributed by atoms with Crippen LogP contribution in [-0.4, -0.2) is 12.9 Å². The van der Waals surface area contributed by atoms with Gasteiger partial charge in [-0.15, -0.1) is 11.8 Å². The van der Waals surface area contributed by atoms with Gasteiger partial charge in [-0.3, -0.25) is 4.79 Å². The van der Waals surface area contributed by atoms with Crippen molar-refractivity contribution in [2.24, 2.45) is 0 Å². The summed E-state index contributed by atoms with van der Waals surface area (Å²) in [5.74, 6) is 1.42. The number of methoxy groups -OCH3 is 1. The highest BCUT2D eigenvalue weighted by atomic mass is 35.5. The van der Waals surface area contributed by atoms with E-state index in [1.54, 1.807) is 31.4 Å². The molecule has 0 bridgehead atoms. The van der Waals surface area contributed by atoms with Crippen LogP contribution in [0.15, 0.2) is 77.7 Å². The molecule has 3 rings (SSSR count). The van der Waals surface area contributed by atoms with E-state index in [1.807, 2.05) is 30.3 Å². The van der Waals surface area contributed by atoms with E-state index in [2.05, 4.69) is 31.2 Å². The Kier molecular flexibility index (Phi) is 6.96. The average Bonchev–Trinajstić information content (AvgIpc) is 2.72. The molecule has 0 saturated heterocycles. The number of aryl methyl sites for hydroxylation is 1. The quantitative estimate of drug-likeness (QED) is 0.317. The summed E-state index contributed by atoms with van der Waals surface area (Å²) in [6.45, 7) is 2.06. The van der Waals surface area contributed by atoms with E-state index < -0.39 is 0 Å². The Labute approximate surface area is 175 Å². The molecule has 3 aromatic rings. The maximum Gasteiger partial charge on any atom is 0.199 e. The number of benzene rings is 3. The minimum absolute atomic E-state index is 0.0281. The lowest BCUT2D eigenvalue weighted by Crippen LogP contribution is -2.01. The molecule has 0 aliphatic rings. The topological polar surface area (TPSA) is 26.3 Å². The van der Waals surface area contributed by atoms with Gasteiger partial charge in [0.05, 0.1) is 12.0 Å². The SMILES string of the molecule is COc1ccccc1C=C(SCc1ccc(C)cc1)C(=O)c1ccc(Cl)cc1. The van der Waals surface area contributed by atoms with E-state index in [1.165, 1.54) is 22.9 Å². The van der Waals surface area contributed by atoms with Gasteiger partial charge in [-0.2, -0.15) is 0 Å². The number of rotatable bonds is 7. The maximum atomic E-state index is 13.2. The van der Waals surface area contributed by atoms with Crippen molar-refractivity contribution in [3.8, 4) is 5.75 Å². The first kappa shape index (κ1) is 20.2. The standard InChI is InChI=1S/C24H21ClO2S/c1-17-7-9-18(10-8-17)16-28-23(15-20-5-3-4-6-22(20)27-2)24(26)19-11-13-21(25)14-12-19/h3-15H,16H2,1-2H3. The largest absolute Gasteiger partial charge is 0.496 e. The van der Waals surface area contributed by atoms with Crippen molar-refractivity contribution in [3.63, 3.8) is 0 Å². The zero-order valence-corrected chi connectivity index (χ0v) is 17.4. The molecule has 2 nitrogen and oxygen atoms in total. The van der Waals surface area contributed by atoms with Crippen molar-refractivity contribution >= 4 is 35.2 Å². The lowest BCUT2D eigenvalue weighted by molar-refractivity contribution is 0.104. The Balaban J connectivity index is 1.92. The number of para-hydroxylation sites is 1. The first-order chi connectivity index (χ1) is 13.6. The van der Waals surface area contributed by atoms with Gasteiger partial charge in [-0.1, -0.05) is 59.6 Å². The lowest BCUT2D eigenvalue weighted by Gasteiger charge is -2.10. The first-order valence-corrected chi connectivity index (χ1v) is 10.3. The van der Waals surface area contributed by atoms with E-state index in [0.717, 1.165) is 11.3 Å². The Hall–Kier alpha value is -2.49. The molecule has 0 saturated carbocycles. The van der Waals surface area contributed by atoms with Crippen LogP contribution in [0.5, 0.6) is 5.75 Å². The van der Waals surface area contributed by atoms with Gasteiger partial charge >= 0.3 is 0 Å². The van der Waals surface area contributed by atoms with Crippen molar-refractivity contribution in [2.75, 3.05) is 7.11 Å². The zero-order valence-electron chi connectivity index (χ0n) is 15.8. The van der Waals surface area contributed by atoms with Gasteiger partial charge in [0.2, 0.25) is 0 Å². The number of hydrogen-bond donors (Lipinski definition) is 0. The van der Waals surface area contributed by atoms with Crippen molar-refractivity contribution in [1.82, 2.24) is 0 Å². The van der Waals surface area contributed by atoms with Gasteiger partial charge < -0.3 is 4.74 Å². The summed E-state index contributed by atoms with van der Waals surface area (Å²) >= 11 is 7.50. The predicted molar refractivity (Wildman–Crippen MR) is 119 cm³/mol. The summed E-state index contributed by atoms with van der Waals surface area (Å²) in [5, 5.41) is 0.610. The van der Waals surface area contributed by atoms with E-state index in [9.17, 15) is 4.79 Å². The highest BCUT2D eigenvalue weighted by molar-refractivity contribution is 8.03. The third-order valence-corrected chi connectivity index (χ3v) is 5.61. The van der Waals surface area contributed by atoms with Gasteiger partial charge in [0.15, 0.2) is 5.78 Å². The summed E-state index contributed by atoms with van der Waals surface area (Å²) in [7, 11) is 1.63. The second-order valence-corrected chi connectivity index (χ2v) is 7.81. The molecular formula is C24H21ClO2S. The fourth-order valence-corrected chi connectivity index (χ4v) is 3.79. The van der Waals surface area contributed by atoms with Crippen molar-refractivity contribution < 1.29 is 9.53 Å². The van der Waals surface area contributed by atoms with Gasteiger partial charge in [0, 0.05) is 21.9 Å². The summed E-state index contributed by atoms with van der Waals surface area (Å²) < 4.78 is 5.44. The van der Waals surface area contributed by atoms with Crippen LogP contribution in [0.3, 0.4) is 0 Å². The number of halogens is 1. The normalized spacial score (nSPS) is 11.3. The number of allylic oxidation sites excluding steroid dienone is 1. The van der Waals surface area contributed by atoms with E-state index in [4.69, 9.17) is 16.3 Å². The molecule has 0 aromatic heterocycles. The Morgan fingerprint density at radius 1 is 1.00 bits per heavy atom. The maximum absolute atomic E-state index is 13.2. The summed E-state index contributed by atoms with van der Waals surface area (Å²) in [4.78, 5) is 13.8. The van der Waals surface area contributed by atoms with E-state index in [0.29, 0.717) is 21.2 Å². The highest BCUT2D eigenvalue weighted by Crippen LogP contribution is 2.30. The molecule has 4 heteroatoms. The summed E-state index contributed by atoms with van der Waals surface area (Å²) in [5.41, 5.74) is 3.88. The van der Waals surface area contributed by atoms with Crippen LogP contribution in [0.1, 0.15) is 27.0 Å². The van der Waals surface area contributed by atoms with Crippen LogP contribution in [0.4, 0.5) is 0 Å². The third kappa shape index (κ3) is 5.28. The average molecular weight is 409 g/mol. The molecule has 0 spiro atoms. The van der Waals surface area contributed by atoms with Crippen LogP contribution in [0.25, 0.3) is 6.08 Å². The van der Waals surface area contributed by atoms with Gasteiger partial charge in [-0.05, 0) is 48.9 Å². The third-order valence-electron chi connectivity index (χ3n) is 4.27.